The molecule has 1 aliphatic carbocycles. The quantitative estimate of drug-likeness (QED) is 0.469. The maximum atomic E-state index is 11.6. The van der Waals surface area contributed by atoms with E-state index in [1.807, 2.05) is 0 Å². The van der Waals surface area contributed by atoms with Crippen LogP contribution < -0.4 is 0 Å². The topological polar surface area (TPSA) is 96.2 Å². The van der Waals surface area contributed by atoms with E-state index >= 15 is 0 Å². The van der Waals surface area contributed by atoms with Crippen LogP contribution >= 0.6 is 0 Å². The number of aliphatic hydroxyl groups excluding tert-OH is 3. The first-order valence-electron chi connectivity index (χ1n) is 6.29. The number of carbonyl (C=O) groups is 1. The van der Waals surface area contributed by atoms with Crippen LogP contribution in [0.5, 0.6) is 0 Å². The molecule has 1 fully saturated rings. The molecule has 18 heavy (non-hydrogen) atoms. The number of rotatable bonds is 5. The third-order valence-corrected chi connectivity index (χ3v) is 3.09. The molecule has 6 nitrogen and oxygen atoms in total. The fourth-order valence-corrected chi connectivity index (χ4v) is 2.22. The lowest BCUT2D eigenvalue weighted by Crippen LogP contribution is -2.44. The van der Waals surface area contributed by atoms with Gasteiger partial charge in [-0.2, -0.15) is 0 Å². The molecule has 0 saturated heterocycles. The van der Waals surface area contributed by atoms with Crippen LogP contribution in [0.1, 0.15) is 33.1 Å². The lowest BCUT2D eigenvalue weighted by Gasteiger charge is -2.33. The summed E-state index contributed by atoms with van der Waals surface area (Å²) in [6.45, 7) is 3.90. The molecule has 3 atom stereocenters. The molecule has 106 valence electrons. The molecule has 3 unspecified atom stereocenters. The normalized spacial score (nSPS) is 34.1. The van der Waals surface area contributed by atoms with Crippen molar-refractivity contribution in [3.63, 3.8) is 0 Å². The average Bonchev–Trinajstić information content (AvgIpc) is 2.25. The van der Waals surface area contributed by atoms with Crippen LogP contribution in [0.4, 0.5) is 0 Å². The molecule has 1 aliphatic rings. The maximum Gasteiger partial charge on any atom is 0.308 e. The Bertz CT molecular complexity index is 257. The number of aliphatic hydroxyl groups is 3. The van der Waals surface area contributed by atoms with Gasteiger partial charge in [-0.1, -0.05) is 0 Å². The Morgan fingerprint density at radius 3 is 2.33 bits per heavy atom. The summed E-state index contributed by atoms with van der Waals surface area (Å²) >= 11 is 0. The average molecular weight is 262 g/mol. The Morgan fingerprint density at radius 2 is 1.83 bits per heavy atom. The minimum Gasteiger partial charge on any atom is -0.436 e. The van der Waals surface area contributed by atoms with Crippen molar-refractivity contribution in [1.29, 1.82) is 0 Å². The van der Waals surface area contributed by atoms with Gasteiger partial charge in [-0.3, -0.25) is 4.79 Å². The van der Waals surface area contributed by atoms with Crippen molar-refractivity contribution in [2.45, 2.75) is 57.7 Å². The fraction of sp³-hybridized carbons (Fsp3) is 0.917. The highest BCUT2D eigenvalue weighted by molar-refractivity contribution is 5.69. The van der Waals surface area contributed by atoms with Gasteiger partial charge in [-0.25, -0.2) is 0 Å². The van der Waals surface area contributed by atoms with Gasteiger partial charge in [0.25, 0.3) is 0 Å². The number of esters is 1. The van der Waals surface area contributed by atoms with Crippen LogP contribution in [0.2, 0.25) is 0 Å². The number of hydrogen-bond acceptors (Lipinski definition) is 6. The summed E-state index contributed by atoms with van der Waals surface area (Å²) in [7, 11) is 0. The SMILES string of the molecule is CCOC(C)OC(=O)CC1CC(O)C(O)C(O)C1. The van der Waals surface area contributed by atoms with Crippen molar-refractivity contribution >= 4 is 5.97 Å². The molecule has 0 bridgehead atoms. The molecule has 0 aromatic rings. The van der Waals surface area contributed by atoms with E-state index in [-0.39, 0.29) is 25.2 Å². The van der Waals surface area contributed by atoms with Gasteiger partial charge in [-0.15, -0.1) is 0 Å². The van der Waals surface area contributed by atoms with Gasteiger partial charge in [-0.05, 0) is 32.6 Å². The molecular formula is C12H22O6. The number of ether oxygens (including phenoxy) is 2. The van der Waals surface area contributed by atoms with Crippen LogP contribution in [0.3, 0.4) is 0 Å². The third-order valence-electron chi connectivity index (χ3n) is 3.09. The Labute approximate surface area is 107 Å². The lowest BCUT2D eigenvalue weighted by molar-refractivity contribution is -0.176. The number of hydrogen-bond donors (Lipinski definition) is 3. The van der Waals surface area contributed by atoms with Gasteiger partial charge in [0, 0.05) is 13.0 Å². The predicted octanol–water partition coefficient (Wildman–Crippen LogP) is -0.205. The summed E-state index contributed by atoms with van der Waals surface area (Å²) in [5.41, 5.74) is 0. The molecule has 0 aliphatic heterocycles. The third kappa shape index (κ3) is 4.53. The van der Waals surface area contributed by atoms with Gasteiger partial charge in [0.05, 0.1) is 12.2 Å². The molecule has 0 heterocycles. The lowest BCUT2D eigenvalue weighted by atomic mass is 9.81. The van der Waals surface area contributed by atoms with E-state index in [2.05, 4.69) is 0 Å². The first-order valence-corrected chi connectivity index (χ1v) is 6.29. The smallest absolute Gasteiger partial charge is 0.308 e. The van der Waals surface area contributed by atoms with Crippen LogP contribution in [0, 0.1) is 5.92 Å². The summed E-state index contributed by atoms with van der Waals surface area (Å²) in [4.78, 5) is 11.6. The second-order valence-electron chi connectivity index (χ2n) is 4.68. The molecule has 6 heteroatoms. The zero-order valence-corrected chi connectivity index (χ0v) is 10.8. The maximum absolute atomic E-state index is 11.6. The first kappa shape index (κ1) is 15.4. The minimum absolute atomic E-state index is 0.109. The van der Waals surface area contributed by atoms with E-state index in [4.69, 9.17) is 9.47 Å². The largest absolute Gasteiger partial charge is 0.436 e. The van der Waals surface area contributed by atoms with Crippen molar-refractivity contribution in [1.82, 2.24) is 0 Å². The van der Waals surface area contributed by atoms with Crippen molar-refractivity contribution in [2.24, 2.45) is 5.92 Å². The Morgan fingerprint density at radius 1 is 1.28 bits per heavy atom. The Kier molecular flexibility index (Phi) is 6.01. The monoisotopic (exact) mass is 262 g/mol. The van der Waals surface area contributed by atoms with Crippen molar-refractivity contribution in [2.75, 3.05) is 6.61 Å². The van der Waals surface area contributed by atoms with E-state index < -0.39 is 30.6 Å². The van der Waals surface area contributed by atoms with Gasteiger partial charge < -0.3 is 24.8 Å². The highest BCUT2D eigenvalue weighted by Gasteiger charge is 2.35. The zero-order chi connectivity index (χ0) is 13.7. The predicted molar refractivity (Wildman–Crippen MR) is 62.5 cm³/mol. The van der Waals surface area contributed by atoms with Gasteiger partial charge in [0.2, 0.25) is 0 Å². The zero-order valence-electron chi connectivity index (χ0n) is 10.8. The van der Waals surface area contributed by atoms with Gasteiger partial charge >= 0.3 is 5.97 Å². The minimum atomic E-state index is -1.13. The van der Waals surface area contributed by atoms with Crippen molar-refractivity contribution < 1.29 is 29.6 Å². The number of carbonyl (C=O) groups excluding carboxylic acids is 1. The Balaban J connectivity index is 2.36. The van der Waals surface area contributed by atoms with Crippen LogP contribution in [0.15, 0.2) is 0 Å². The van der Waals surface area contributed by atoms with Crippen molar-refractivity contribution in [3.05, 3.63) is 0 Å². The highest BCUT2D eigenvalue weighted by Crippen LogP contribution is 2.28. The summed E-state index contributed by atoms with van der Waals surface area (Å²) in [6.07, 6.45) is -3.01. The summed E-state index contributed by atoms with van der Waals surface area (Å²) in [5.74, 6) is -0.600. The Hall–Kier alpha value is -0.690. The molecule has 0 aromatic heterocycles. The molecule has 1 saturated carbocycles. The summed E-state index contributed by atoms with van der Waals surface area (Å²) in [6, 6.07) is 0. The van der Waals surface area contributed by atoms with E-state index in [0.29, 0.717) is 6.61 Å². The molecule has 0 amide bonds. The second-order valence-corrected chi connectivity index (χ2v) is 4.68. The molecular weight excluding hydrogens is 240 g/mol. The molecule has 0 spiro atoms. The van der Waals surface area contributed by atoms with E-state index in [9.17, 15) is 20.1 Å². The van der Waals surface area contributed by atoms with Gasteiger partial charge in [0.1, 0.15) is 6.10 Å². The van der Waals surface area contributed by atoms with Gasteiger partial charge in [0.15, 0.2) is 6.29 Å². The van der Waals surface area contributed by atoms with E-state index in [1.54, 1.807) is 13.8 Å². The second kappa shape index (κ2) is 7.04. The van der Waals surface area contributed by atoms with Crippen LogP contribution in [-0.4, -0.2) is 52.5 Å². The standard InChI is InChI=1S/C12H22O6/c1-3-17-7(2)18-11(15)6-8-4-9(13)12(16)10(14)5-8/h7-10,12-14,16H,3-6H2,1-2H3. The molecule has 0 radical (unpaired) electrons. The van der Waals surface area contributed by atoms with E-state index in [1.165, 1.54) is 0 Å². The first-order chi connectivity index (χ1) is 8.43. The van der Waals surface area contributed by atoms with Crippen LogP contribution in [0.25, 0.3) is 0 Å². The molecule has 3 N–H and O–H groups in total. The van der Waals surface area contributed by atoms with E-state index in [0.717, 1.165) is 0 Å². The highest BCUT2D eigenvalue weighted by atomic mass is 16.7. The summed E-state index contributed by atoms with van der Waals surface area (Å²) in [5, 5.41) is 28.4. The molecule has 0 aromatic carbocycles. The summed E-state index contributed by atoms with van der Waals surface area (Å²) < 4.78 is 10.1. The van der Waals surface area contributed by atoms with Crippen LogP contribution in [-0.2, 0) is 14.3 Å². The fourth-order valence-electron chi connectivity index (χ4n) is 2.22. The molecule has 1 rings (SSSR count). The van der Waals surface area contributed by atoms with Crippen molar-refractivity contribution in [3.8, 4) is 0 Å².